The van der Waals surface area contributed by atoms with Crippen LogP contribution in [0.2, 0.25) is 0 Å². The van der Waals surface area contributed by atoms with Gasteiger partial charge in [-0.15, -0.1) is 0 Å². The van der Waals surface area contributed by atoms with E-state index in [4.69, 9.17) is 5.73 Å². The fourth-order valence-corrected chi connectivity index (χ4v) is 2.90. The van der Waals surface area contributed by atoms with E-state index in [0.29, 0.717) is 6.54 Å². The average Bonchev–Trinajstić information content (AvgIpc) is 2.38. The molecule has 0 spiro atoms. The molecule has 0 bridgehead atoms. The summed E-state index contributed by atoms with van der Waals surface area (Å²) in [5.74, 6) is -1.06. The molecule has 1 nitrogen and oxygen atoms in total. The number of hydrogen-bond donors (Lipinski definition) is 1. The summed E-state index contributed by atoms with van der Waals surface area (Å²) in [6.07, 6.45) is 6.51. The Kier molecular flexibility index (Phi) is 3.95. The topological polar surface area (TPSA) is 26.0 Å². The lowest BCUT2D eigenvalue weighted by Gasteiger charge is -2.34. The van der Waals surface area contributed by atoms with Crippen molar-refractivity contribution >= 4 is 0 Å². The van der Waals surface area contributed by atoms with Crippen LogP contribution in [-0.4, -0.2) is 12.7 Å². The molecule has 0 aromatic rings. The van der Waals surface area contributed by atoms with Crippen molar-refractivity contribution in [2.75, 3.05) is 6.54 Å². The van der Waals surface area contributed by atoms with Crippen LogP contribution in [0.1, 0.15) is 19.3 Å². The molecule has 2 aliphatic rings. The molecule has 100 valence electrons. The van der Waals surface area contributed by atoms with Gasteiger partial charge in [0.2, 0.25) is 0 Å². The third-order valence-electron chi connectivity index (χ3n) is 3.90. The van der Waals surface area contributed by atoms with E-state index >= 15 is 0 Å². The molecule has 0 aromatic heterocycles. The molecule has 0 saturated heterocycles. The zero-order valence-corrected chi connectivity index (χ0v) is 10.2. The summed E-state index contributed by atoms with van der Waals surface area (Å²) in [7, 11) is 0. The van der Waals surface area contributed by atoms with Crippen LogP contribution in [0, 0.1) is 17.8 Å². The van der Waals surface area contributed by atoms with Crippen molar-refractivity contribution in [2.45, 2.75) is 25.4 Å². The van der Waals surface area contributed by atoms with Crippen molar-refractivity contribution in [3.05, 3.63) is 36.0 Å². The minimum atomic E-state index is -4.12. The molecule has 0 saturated carbocycles. The number of halogens is 3. The quantitative estimate of drug-likeness (QED) is 0.752. The number of alkyl halides is 3. The lowest BCUT2D eigenvalue weighted by Crippen LogP contribution is -2.31. The van der Waals surface area contributed by atoms with Gasteiger partial charge in [-0.1, -0.05) is 36.0 Å². The second-order valence-electron chi connectivity index (χ2n) is 5.02. The van der Waals surface area contributed by atoms with E-state index in [1.54, 1.807) is 6.08 Å². The predicted molar refractivity (Wildman–Crippen MR) is 65.8 cm³/mol. The van der Waals surface area contributed by atoms with E-state index < -0.39 is 12.1 Å². The molecule has 0 aliphatic heterocycles. The van der Waals surface area contributed by atoms with Crippen molar-refractivity contribution in [3.63, 3.8) is 0 Å². The molecule has 2 rings (SSSR count). The molecule has 18 heavy (non-hydrogen) atoms. The van der Waals surface area contributed by atoms with Crippen molar-refractivity contribution in [1.82, 2.24) is 0 Å². The van der Waals surface area contributed by atoms with Gasteiger partial charge in [0.05, 0.1) is 5.92 Å². The first-order valence-corrected chi connectivity index (χ1v) is 6.31. The Balaban J connectivity index is 2.09. The molecule has 2 aliphatic carbocycles. The maximum absolute atomic E-state index is 12.8. The summed E-state index contributed by atoms with van der Waals surface area (Å²) < 4.78 is 38.3. The van der Waals surface area contributed by atoms with E-state index in [0.717, 1.165) is 18.4 Å². The smallest absolute Gasteiger partial charge is 0.327 e. The Hall–Kier alpha value is -1.03. The minimum Gasteiger partial charge on any atom is -0.327 e. The van der Waals surface area contributed by atoms with E-state index in [-0.39, 0.29) is 18.3 Å². The summed E-state index contributed by atoms with van der Waals surface area (Å²) in [6.45, 7) is 0.436. The molecule has 4 heteroatoms. The molecule has 2 N–H and O–H groups in total. The highest BCUT2D eigenvalue weighted by Gasteiger charge is 2.41. The van der Waals surface area contributed by atoms with Crippen LogP contribution in [0.25, 0.3) is 0 Å². The normalized spacial score (nSPS) is 32.4. The van der Waals surface area contributed by atoms with Gasteiger partial charge in [-0.3, -0.25) is 0 Å². The molecule has 3 atom stereocenters. The highest BCUT2D eigenvalue weighted by atomic mass is 19.4. The molecular weight excluding hydrogens is 239 g/mol. The largest absolute Gasteiger partial charge is 0.395 e. The average molecular weight is 257 g/mol. The third-order valence-corrected chi connectivity index (χ3v) is 3.90. The number of hydrogen-bond acceptors (Lipinski definition) is 1. The summed E-state index contributed by atoms with van der Waals surface area (Å²) in [5.41, 5.74) is 6.76. The van der Waals surface area contributed by atoms with Gasteiger partial charge in [0, 0.05) is 6.54 Å². The molecule has 0 fully saturated rings. The molecule has 0 heterocycles. The zero-order valence-electron chi connectivity index (χ0n) is 10.2. The van der Waals surface area contributed by atoms with Crippen molar-refractivity contribution < 1.29 is 13.2 Å². The Morgan fingerprint density at radius 3 is 2.67 bits per heavy atom. The Bertz CT molecular complexity index is 379. The fraction of sp³-hybridized carbons (Fsp3) is 0.571. The highest BCUT2D eigenvalue weighted by molar-refractivity contribution is 5.23. The number of rotatable bonds is 2. The summed E-state index contributed by atoms with van der Waals surface area (Å²) in [6, 6.07) is 0. The molecule has 0 amide bonds. The van der Waals surface area contributed by atoms with Crippen LogP contribution < -0.4 is 5.73 Å². The van der Waals surface area contributed by atoms with Gasteiger partial charge in [-0.2, -0.15) is 13.2 Å². The second kappa shape index (κ2) is 5.31. The van der Waals surface area contributed by atoms with Gasteiger partial charge in [0.25, 0.3) is 0 Å². The van der Waals surface area contributed by atoms with E-state index in [2.05, 4.69) is 0 Å². The first-order chi connectivity index (χ1) is 8.52. The van der Waals surface area contributed by atoms with Gasteiger partial charge in [0.1, 0.15) is 0 Å². The Morgan fingerprint density at radius 2 is 2.00 bits per heavy atom. The molecule has 0 radical (unpaired) electrons. The van der Waals surface area contributed by atoms with Crippen LogP contribution in [0.15, 0.2) is 36.0 Å². The van der Waals surface area contributed by atoms with Crippen molar-refractivity contribution in [1.29, 1.82) is 0 Å². The van der Waals surface area contributed by atoms with Gasteiger partial charge >= 0.3 is 6.18 Å². The lowest BCUT2D eigenvalue weighted by atomic mass is 9.73. The zero-order chi connectivity index (χ0) is 13.2. The first kappa shape index (κ1) is 13.4. The van der Waals surface area contributed by atoms with Gasteiger partial charge in [0.15, 0.2) is 0 Å². The number of allylic oxidation sites excluding steroid dienone is 5. The van der Waals surface area contributed by atoms with Crippen LogP contribution in [0.4, 0.5) is 13.2 Å². The highest BCUT2D eigenvalue weighted by Crippen LogP contribution is 2.42. The lowest BCUT2D eigenvalue weighted by molar-refractivity contribution is -0.167. The first-order valence-electron chi connectivity index (χ1n) is 6.31. The summed E-state index contributed by atoms with van der Waals surface area (Å²) in [5, 5.41) is 0. The predicted octanol–water partition coefficient (Wildman–Crippen LogP) is 3.59. The van der Waals surface area contributed by atoms with E-state index in [9.17, 15) is 13.2 Å². The molecule has 3 unspecified atom stereocenters. The van der Waals surface area contributed by atoms with E-state index in [1.165, 1.54) is 6.08 Å². The van der Waals surface area contributed by atoms with Gasteiger partial charge in [-0.05, 0) is 31.1 Å². The van der Waals surface area contributed by atoms with E-state index in [1.807, 2.05) is 18.2 Å². The maximum Gasteiger partial charge on any atom is 0.395 e. The summed E-state index contributed by atoms with van der Waals surface area (Å²) in [4.78, 5) is 0. The monoisotopic (exact) mass is 257 g/mol. The van der Waals surface area contributed by atoms with Crippen LogP contribution in [-0.2, 0) is 0 Å². The van der Waals surface area contributed by atoms with Crippen LogP contribution >= 0.6 is 0 Å². The van der Waals surface area contributed by atoms with Gasteiger partial charge in [-0.25, -0.2) is 0 Å². The Morgan fingerprint density at radius 1 is 1.22 bits per heavy atom. The maximum atomic E-state index is 12.8. The minimum absolute atomic E-state index is 0.0568. The summed E-state index contributed by atoms with van der Waals surface area (Å²) >= 11 is 0. The van der Waals surface area contributed by atoms with Gasteiger partial charge < -0.3 is 5.73 Å². The second-order valence-corrected chi connectivity index (χ2v) is 5.02. The number of nitrogens with two attached hydrogens (primary N) is 1. The SMILES string of the molecule is NCC1=CC=CCC1C1CC=CC(C(F)(F)F)C1. The van der Waals surface area contributed by atoms with Crippen LogP contribution in [0.5, 0.6) is 0 Å². The van der Waals surface area contributed by atoms with Crippen LogP contribution in [0.3, 0.4) is 0 Å². The third kappa shape index (κ3) is 2.86. The Labute approximate surface area is 105 Å². The molecular formula is C14H18F3N. The standard InChI is InChI=1S/C14H18F3N/c15-14(16,17)12-6-3-5-10(8-12)13-7-2-1-4-11(13)9-18/h1-4,6,10,12-13H,5,7-9,18H2. The fourth-order valence-electron chi connectivity index (χ4n) is 2.90. The van der Waals surface area contributed by atoms with Crippen molar-refractivity contribution in [2.24, 2.45) is 23.5 Å². The molecule has 0 aromatic carbocycles. The van der Waals surface area contributed by atoms with Crippen molar-refractivity contribution in [3.8, 4) is 0 Å².